The Morgan fingerprint density at radius 2 is 1.76 bits per heavy atom. The van der Waals surface area contributed by atoms with Crippen molar-refractivity contribution in [3.63, 3.8) is 0 Å². The summed E-state index contributed by atoms with van der Waals surface area (Å²) in [5.41, 5.74) is 0. The largest absolute Gasteiger partial charge is 0.377 e. The first-order valence-corrected chi connectivity index (χ1v) is 5.87. The van der Waals surface area contributed by atoms with E-state index < -0.39 is 12.2 Å². The molecule has 0 aliphatic carbocycles. The molecule has 0 aromatic carbocycles. The summed E-state index contributed by atoms with van der Waals surface area (Å²) >= 11 is 0. The summed E-state index contributed by atoms with van der Waals surface area (Å²) < 4.78 is 0. The Hall–Kier alpha value is -1.48. The summed E-state index contributed by atoms with van der Waals surface area (Å²) in [7, 11) is 0. The van der Waals surface area contributed by atoms with Crippen molar-refractivity contribution in [2.45, 2.75) is 44.8 Å². The van der Waals surface area contributed by atoms with E-state index in [9.17, 15) is 5.11 Å². The summed E-state index contributed by atoms with van der Waals surface area (Å²) in [5, 5.41) is 18.4. The predicted molar refractivity (Wildman–Crippen MR) is 71.0 cm³/mol. The van der Waals surface area contributed by atoms with Crippen LogP contribution in [-0.2, 0) is 0 Å². The van der Waals surface area contributed by atoms with E-state index in [1.165, 1.54) is 18.9 Å². The minimum Gasteiger partial charge on any atom is -0.377 e. The molecule has 2 heteroatoms. The van der Waals surface area contributed by atoms with Gasteiger partial charge in [0.05, 0.1) is 0 Å². The molecule has 0 aliphatic rings. The number of rotatable bonds is 6. The normalized spacial score (nSPS) is 13.1. The molecule has 2 N–H and O–H groups in total. The van der Waals surface area contributed by atoms with Crippen molar-refractivity contribution in [1.29, 1.82) is 0 Å². The van der Waals surface area contributed by atoms with E-state index in [2.05, 4.69) is 37.2 Å². The molecule has 0 saturated heterocycles. The van der Waals surface area contributed by atoms with Gasteiger partial charge in [-0.15, -0.1) is 0 Å². The van der Waals surface area contributed by atoms with Gasteiger partial charge < -0.3 is 10.2 Å². The summed E-state index contributed by atoms with van der Waals surface area (Å²) in [4.78, 5) is 0. The summed E-state index contributed by atoms with van der Waals surface area (Å²) in [5.74, 6) is 9.94. The molecule has 0 aliphatic heterocycles. The Morgan fingerprint density at radius 3 is 2.35 bits per heavy atom. The number of aliphatic hydroxyl groups excluding tert-OH is 2. The van der Waals surface area contributed by atoms with Gasteiger partial charge >= 0.3 is 0 Å². The monoisotopic (exact) mass is 232 g/mol. The van der Waals surface area contributed by atoms with Gasteiger partial charge in [0.2, 0.25) is 0 Å². The highest BCUT2D eigenvalue weighted by molar-refractivity contribution is 5.31. The van der Waals surface area contributed by atoms with E-state index in [4.69, 9.17) is 5.11 Å². The average Bonchev–Trinajstić information content (AvgIpc) is 2.34. The maximum Gasteiger partial charge on any atom is 0.134 e. The number of allylic oxidation sites excluding steroid dienone is 1. The fourth-order valence-corrected chi connectivity index (χ4v) is 1.06. The molecule has 0 radical (unpaired) electrons. The van der Waals surface area contributed by atoms with Crippen LogP contribution in [0.5, 0.6) is 0 Å². The van der Waals surface area contributed by atoms with Crippen LogP contribution < -0.4 is 0 Å². The first-order chi connectivity index (χ1) is 8.20. The molecule has 0 aromatic heterocycles. The minimum atomic E-state index is -0.856. The third-order valence-electron chi connectivity index (χ3n) is 2.02. The molecular weight excluding hydrogens is 212 g/mol. The lowest BCUT2D eigenvalue weighted by Crippen LogP contribution is -1.97. The van der Waals surface area contributed by atoms with E-state index >= 15 is 0 Å². The lowest BCUT2D eigenvalue weighted by Gasteiger charge is -1.94. The van der Waals surface area contributed by atoms with Crippen molar-refractivity contribution in [3.05, 3.63) is 24.8 Å². The second kappa shape index (κ2) is 11.0. The summed E-state index contributed by atoms with van der Waals surface area (Å²) in [6, 6.07) is 0. The van der Waals surface area contributed by atoms with Crippen molar-refractivity contribution in [3.8, 4) is 23.7 Å². The molecule has 0 amide bonds. The van der Waals surface area contributed by atoms with Gasteiger partial charge in [-0.25, -0.2) is 0 Å². The van der Waals surface area contributed by atoms with E-state index in [0.29, 0.717) is 0 Å². The van der Waals surface area contributed by atoms with Crippen molar-refractivity contribution >= 4 is 0 Å². The van der Waals surface area contributed by atoms with Gasteiger partial charge in [0.25, 0.3) is 0 Å². The second-order valence-electron chi connectivity index (χ2n) is 3.59. The fourth-order valence-electron chi connectivity index (χ4n) is 1.06. The highest BCUT2D eigenvalue weighted by atomic mass is 16.3. The fraction of sp³-hybridized carbons (Fsp3) is 0.467. The summed E-state index contributed by atoms with van der Waals surface area (Å²) in [6.45, 7) is 5.53. The van der Waals surface area contributed by atoms with Crippen molar-refractivity contribution < 1.29 is 10.2 Å². The Kier molecular flexibility index (Phi) is 10.1. The first-order valence-electron chi connectivity index (χ1n) is 5.87. The number of hydrogen-bond donors (Lipinski definition) is 2. The van der Waals surface area contributed by atoms with Crippen LogP contribution in [-0.4, -0.2) is 22.4 Å². The zero-order chi connectivity index (χ0) is 12.9. The quantitative estimate of drug-likeness (QED) is 0.418. The molecule has 0 unspecified atom stereocenters. The van der Waals surface area contributed by atoms with Gasteiger partial charge in [-0.2, -0.15) is 0 Å². The molecule has 0 fully saturated rings. The van der Waals surface area contributed by atoms with Crippen LogP contribution in [0.25, 0.3) is 0 Å². The zero-order valence-corrected chi connectivity index (χ0v) is 10.3. The topological polar surface area (TPSA) is 40.5 Å². The maximum absolute atomic E-state index is 9.42. The molecule has 0 saturated carbocycles. The van der Waals surface area contributed by atoms with E-state index in [0.717, 1.165) is 12.8 Å². The van der Waals surface area contributed by atoms with Crippen molar-refractivity contribution in [2.75, 3.05) is 0 Å². The Balaban J connectivity index is 3.91. The van der Waals surface area contributed by atoms with Gasteiger partial charge in [0.1, 0.15) is 12.2 Å². The predicted octanol–water partition coefficient (Wildman–Crippen LogP) is 2.04. The molecule has 0 rings (SSSR count). The van der Waals surface area contributed by atoms with Crippen LogP contribution in [0, 0.1) is 23.7 Å². The molecule has 0 bridgehead atoms. The molecule has 0 aromatic rings. The van der Waals surface area contributed by atoms with Crippen molar-refractivity contribution in [2.24, 2.45) is 0 Å². The highest BCUT2D eigenvalue weighted by Gasteiger charge is 1.89. The molecule has 2 nitrogen and oxygen atoms in total. The van der Waals surface area contributed by atoms with Gasteiger partial charge in [0.15, 0.2) is 0 Å². The Bertz CT molecular complexity index is 347. The number of hydrogen-bond acceptors (Lipinski definition) is 2. The molecule has 17 heavy (non-hydrogen) atoms. The van der Waals surface area contributed by atoms with Gasteiger partial charge in [-0.3, -0.25) is 0 Å². The third-order valence-corrected chi connectivity index (χ3v) is 2.02. The maximum atomic E-state index is 9.42. The SMILES string of the molecule is C=C[C@H](O)C#CC#C[C@H](O)C=CCCCCC. The molecule has 2 atom stereocenters. The van der Waals surface area contributed by atoms with E-state index in [-0.39, 0.29) is 0 Å². The summed E-state index contributed by atoms with van der Waals surface area (Å²) in [6.07, 6.45) is 7.77. The van der Waals surface area contributed by atoms with E-state index in [1.54, 1.807) is 6.08 Å². The van der Waals surface area contributed by atoms with Crippen LogP contribution in [0.4, 0.5) is 0 Å². The van der Waals surface area contributed by atoms with Crippen LogP contribution in [0.2, 0.25) is 0 Å². The van der Waals surface area contributed by atoms with Gasteiger partial charge in [-0.05, 0) is 30.8 Å². The molecular formula is C15H20O2. The Morgan fingerprint density at radius 1 is 1.12 bits per heavy atom. The smallest absolute Gasteiger partial charge is 0.134 e. The standard InChI is InChI=1S/C15H20O2/c1-3-5-6-7-8-12-15(17)13-10-9-11-14(16)4-2/h4,8,12,14-17H,2-3,5-7H2,1H3/t14-,15+/m0/s1. The van der Waals surface area contributed by atoms with Crippen LogP contribution in [0.3, 0.4) is 0 Å². The lowest BCUT2D eigenvalue weighted by molar-refractivity contribution is 0.280. The number of aliphatic hydroxyl groups is 2. The van der Waals surface area contributed by atoms with Crippen LogP contribution in [0.15, 0.2) is 24.8 Å². The number of unbranched alkanes of at least 4 members (excludes halogenated alkanes) is 3. The highest BCUT2D eigenvalue weighted by Crippen LogP contribution is 2.00. The van der Waals surface area contributed by atoms with Crippen molar-refractivity contribution in [1.82, 2.24) is 0 Å². The van der Waals surface area contributed by atoms with Gasteiger partial charge in [0, 0.05) is 0 Å². The molecule has 0 heterocycles. The van der Waals surface area contributed by atoms with Gasteiger partial charge in [-0.1, -0.05) is 50.3 Å². The Labute approximate surface area is 104 Å². The van der Waals surface area contributed by atoms with E-state index in [1.807, 2.05) is 6.08 Å². The third kappa shape index (κ3) is 10.8. The molecule has 92 valence electrons. The lowest BCUT2D eigenvalue weighted by atomic mass is 10.2. The molecule has 0 spiro atoms. The minimum absolute atomic E-state index is 0.785. The zero-order valence-electron chi connectivity index (χ0n) is 10.3. The van der Waals surface area contributed by atoms with Crippen LogP contribution in [0.1, 0.15) is 32.6 Å². The van der Waals surface area contributed by atoms with Crippen LogP contribution >= 0.6 is 0 Å². The first kappa shape index (κ1) is 15.5. The average molecular weight is 232 g/mol. The second-order valence-corrected chi connectivity index (χ2v) is 3.59.